The van der Waals surface area contributed by atoms with Crippen LogP contribution in [0.15, 0.2) is 0 Å². The van der Waals surface area contributed by atoms with Crippen molar-refractivity contribution < 1.29 is 33.7 Å². The van der Waals surface area contributed by atoms with E-state index in [2.05, 4.69) is 11.7 Å². The van der Waals surface area contributed by atoms with Crippen LogP contribution in [0, 0.1) is 0 Å². The van der Waals surface area contributed by atoms with Crippen molar-refractivity contribution in [3.05, 3.63) is 0 Å². The van der Waals surface area contributed by atoms with Gasteiger partial charge in [-0.1, -0.05) is 103 Å². The fourth-order valence-corrected chi connectivity index (χ4v) is 3.64. The Kier molecular flexibility index (Phi) is 25.0. The van der Waals surface area contributed by atoms with Gasteiger partial charge in [0.1, 0.15) is 6.61 Å². The maximum absolute atomic E-state index is 11.6. The van der Waals surface area contributed by atoms with E-state index >= 15 is 0 Å². The molecule has 0 aliphatic rings. The molecular weight excluding hydrogens is 436 g/mol. The van der Waals surface area contributed by atoms with Crippen molar-refractivity contribution in [2.45, 2.75) is 129 Å². The molecule has 34 heavy (non-hydrogen) atoms. The van der Waals surface area contributed by atoms with Crippen LogP contribution in [0.25, 0.3) is 0 Å². The summed E-state index contributed by atoms with van der Waals surface area (Å²) in [6, 6.07) is 0. The molecule has 0 unspecified atom stereocenters. The van der Waals surface area contributed by atoms with Crippen LogP contribution in [0.4, 0.5) is 0 Å². The smallest absolute Gasteiger partial charge is 0.339 e. The van der Waals surface area contributed by atoms with Gasteiger partial charge in [-0.15, -0.1) is 0 Å². The number of hydrogen-bond acceptors (Lipinski definition) is 7. The van der Waals surface area contributed by atoms with E-state index in [-0.39, 0.29) is 32.7 Å². The Morgan fingerprint density at radius 3 is 1.53 bits per heavy atom. The zero-order valence-corrected chi connectivity index (χ0v) is 21.7. The minimum Gasteiger partial charge on any atom is -0.466 e. The Hall–Kier alpha value is -1.47. The highest BCUT2D eigenvalue weighted by Crippen LogP contribution is 2.13. The zero-order valence-electron chi connectivity index (χ0n) is 21.7. The normalized spacial score (nSPS) is 10.9. The van der Waals surface area contributed by atoms with Crippen molar-refractivity contribution in [1.29, 1.82) is 0 Å². The van der Waals surface area contributed by atoms with Crippen molar-refractivity contribution >= 4 is 17.9 Å². The molecule has 0 saturated heterocycles. The van der Waals surface area contributed by atoms with Gasteiger partial charge in [-0.25, -0.2) is 4.79 Å². The van der Waals surface area contributed by atoms with Gasteiger partial charge in [-0.05, 0) is 6.42 Å². The molecule has 0 radical (unpaired) electrons. The van der Waals surface area contributed by atoms with Crippen LogP contribution in [-0.2, 0) is 28.6 Å². The van der Waals surface area contributed by atoms with Crippen LogP contribution in [0.5, 0.6) is 0 Å². The highest BCUT2D eigenvalue weighted by atomic mass is 16.6. The van der Waals surface area contributed by atoms with Crippen molar-refractivity contribution in [3.63, 3.8) is 0 Å². The third-order valence-electron chi connectivity index (χ3n) is 5.69. The summed E-state index contributed by atoms with van der Waals surface area (Å²) in [5, 5.41) is 8.60. The van der Waals surface area contributed by atoms with Gasteiger partial charge >= 0.3 is 17.9 Å². The molecule has 0 saturated carbocycles. The van der Waals surface area contributed by atoms with Crippen LogP contribution in [-0.4, -0.2) is 49.4 Å². The second-order valence-electron chi connectivity index (χ2n) is 9.00. The molecule has 0 spiro atoms. The zero-order chi connectivity index (χ0) is 25.1. The fraction of sp³-hybridized carbons (Fsp3) is 0.889. The molecule has 0 aromatic heterocycles. The molecule has 200 valence electrons. The largest absolute Gasteiger partial charge is 0.466 e. The average Bonchev–Trinajstić information content (AvgIpc) is 2.82. The average molecular weight is 487 g/mol. The summed E-state index contributed by atoms with van der Waals surface area (Å²) in [7, 11) is 0. The maximum Gasteiger partial charge on any atom is 0.339 e. The van der Waals surface area contributed by atoms with E-state index in [1.165, 1.54) is 89.9 Å². The van der Waals surface area contributed by atoms with Crippen LogP contribution in [0.3, 0.4) is 0 Å². The number of ether oxygens (including phenoxy) is 3. The first-order chi connectivity index (χ1) is 16.6. The van der Waals surface area contributed by atoms with Gasteiger partial charge in [0, 0.05) is 19.6 Å². The fourth-order valence-electron chi connectivity index (χ4n) is 3.64. The molecule has 0 amide bonds. The lowest BCUT2D eigenvalue weighted by molar-refractivity contribution is -0.164. The van der Waals surface area contributed by atoms with Crippen LogP contribution < -0.4 is 0 Å². The van der Waals surface area contributed by atoms with E-state index < -0.39 is 17.9 Å². The molecule has 0 heterocycles. The second kappa shape index (κ2) is 26.1. The highest BCUT2D eigenvalue weighted by Gasteiger charge is 2.13. The third kappa shape index (κ3) is 25.2. The predicted octanol–water partition coefficient (Wildman–Crippen LogP) is 6.04. The third-order valence-corrected chi connectivity index (χ3v) is 5.69. The van der Waals surface area contributed by atoms with Crippen molar-refractivity contribution in [1.82, 2.24) is 0 Å². The summed E-state index contributed by atoms with van der Waals surface area (Å²) in [6.07, 6.45) is 20.8. The summed E-state index contributed by atoms with van der Waals surface area (Å²) in [5.41, 5.74) is 0. The van der Waals surface area contributed by atoms with Gasteiger partial charge in [-0.3, -0.25) is 9.59 Å². The Bertz CT molecular complexity index is 493. The van der Waals surface area contributed by atoms with Gasteiger partial charge in [0.15, 0.2) is 0 Å². The van der Waals surface area contributed by atoms with E-state index in [1.807, 2.05) is 0 Å². The van der Waals surface area contributed by atoms with E-state index in [1.54, 1.807) is 0 Å². The number of carbonyl (C=O) groups excluding carboxylic acids is 3. The van der Waals surface area contributed by atoms with E-state index in [4.69, 9.17) is 14.6 Å². The predicted molar refractivity (Wildman–Crippen MR) is 133 cm³/mol. The first-order valence-corrected chi connectivity index (χ1v) is 13.7. The molecule has 0 aliphatic carbocycles. The quantitative estimate of drug-likeness (QED) is 0.0954. The molecular formula is C27H50O7. The maximum atomic E-state index is 11.6. The molecule has 7 nitrogen and oxygen atoms in total. The SMILES string of the molecule is CCCCCCCCCCCCCCCCCCOCC(=O)OC(=O)CCC(=O)OCCCO. The first-order valence-electron chi connectivity index (χ1n) is 13.7. The van der Waals surface area contributed by atoms with Gasteiger partial charge in [0.2, 0.25) is 0 Å². The molecule has 1 N–H and O–H groups in total. The Morgan fingerprint density at radius 1 is 0.559 bits per heavy atom. The summed E-state index contributed by atoms with van der Waals surface area (Å²) >= 11 is 0. The summed E-state index contributed by atoms with van der Waals surface area (Å²) in [5.74, 6) is -2.07. The second-order valence-corrected chi connectivity index (χ2v) is 9.00. The molecule has 0 aromatic carbocycles. The molecule has 0 fully saturated rings. The van der Waals surface area contributed by atoms with Gasteiger partial charge < -0.3 is 19.3 Å². The van der Waals surface area contributed by atoms with E-state index in [0.29, 0.717) is 13.0 Å². The number of unbranched alkanes of at least 4 members (excludes halogenated alkanes) is 15. The number of aliphatic hydroxyl groups excluding tert-OH is 1. The number of rotatable bonds is 25. The van der Waals surface area contributed by atoms with E-state index in [0.717, 1.165) is 12.8 Å². The lowest BCUT2D eigenvalue weighted by Crippen LogP contribution is -2.19. The molecule has 0 bridgehead atoms. The Balaban J connectivity index is 3.32. The lowest BCUT2D eigenvalue weighted by atomic mass is 10.0. The topological polar surface area (TPSA) is 99.1 Å². The molecule has 0 aromatic rings. The monoisotopic (exact) mass is 486 g/mol. The van der Waals surface area contributed by atoms with Gasteiger partial charge in [-0.2, -0.15) is 0 Å². The minimum absolute atomic E-state index is 0.0662. The summed E-state index contributed by atoms with van der Waals surface area (Å²) in [4.78, 5) is 34.4. The Morgan fingerprint density at radius 2 is 1.03 bits per heavy atom. The molecule has 7 heteroatoms. The number of hydrogen-bond donors (Lipinski definition) is 1. The van der Waals surface area contributed by atoms with Crippen LogP contribution >= 0.6 is 0 Å². The Labute approximate surface area is 207 Å². The van der Waals surface area contributed by atoms with Crippen molar-refractivity contribution in [2.75, 3.05) is 26.4 Å². The molecule has 0 atom stereocenters. The lowest BCUT2D eigenvalue weighted by Gasteiger charge is -2.06. The van der Waals surface area contributed by atoms with Gasteiger partial charge in [0.25, 0.3) is 0 Å². The standard InChI is InChI=1S/C27H50O7/c1-2-3-4-5-6-7-8-9-10-11-12-13-14-15-16-17-22-32-24-27(31)34-26(30)20-19-25(29)33-23-18-21-28/h28H,2-24H2,1H3. The number of carbonyl (C=O) groups is 3. The summed E-state index contributed by atoms with van der Waals surface area (Å²) in [6.45, 7) is 2.52. The summed E-state index contributed by atoms with van der Waals surface area (Å²) < 4.78 is 14.7. The number of esters is 3. The molecule has 0 rings (SSSR count). The van der Waals surface area contributed by atoms with Crippen LogP contribution in [0.2, 0.25) is 0 Å². The van der Waals surface area contributed by atoms with Gasteiger partial charge in [0.05, 0.1) is 19.4 Å². The highest BCUT2D eigenvalue weighted by molar-refractivity contribution is 5.87. The first kappa shape index (κ1) is 32.5. The molecule has 0 aliphatic heterocycles. The number of aliphatic hydroxyl groups is 1. The van der Waals surface area contributed by atoms with Crippen molar-refractivity contribution in [2.24, 2.45) is 0 Å². The van der Waals surface area contributed by atoms with E-state index in [9.17, 15) is 14.4 Å². The minimum atomic E-state index is -0.768. The van der Waals surface area contributed by atoms with Crippen molar-refractivity contribution in [3.8, 4) is 0 Å². The van der Waals surface area contributed by atoms with Crippen LogP contribution in [0.1, 0.15) is 129 Å².